The molecule has 0 aliphatic rings. The Bertz CT molecular complexity index is 1330. The zero-order chi connectivity index (χ0) is 22.8. The lowest BCUT2D eigenvalue weighted by Gasteiger charge is -2.11. The van der Waals surface area contributed by atoms with Crippen molar-refractivity contribution in [3.05, 3.63) is 76.0 Å². The van der Waals surface area contributed by atoms with Crippen LogP contribution in [-0.2, 0) is 4.79 Å². The minimum atomic E-state index is -1.18. The van der Waals surface area contributed by atoms with Crippen molar-refractivity contribution in [2.45, 2.75) is 0 Å². The van der Waals surface area contributed by atoms with E-state index >= 15 is 0 Å². The topological polar surface area (TPSA) is 104 Å². The molecule has 0 atom stereocenters. The number of nitrogens with zero attached hydrogens (tertiary/aromatic N) is 1. The Hall–Kier alpha value is -3.62. The smallest absolute Gasteiger partial charge is 0.322 e. The van der Waals surface area contributed by atoms with Crippen molar-refractivity contribution in [1.29, 1.82) is 0 Å². The van der Waals surface area contributed by atoms with Crippen LogP contribution in [-0.4, -0.2) is 33.5 Å². The number of aromatic nitrogens is 2. The molecule has 4 rings (SSSR count). The minimum absolute atomic E-state index is 0.0646. The Balaban J connectivity index is 1.60. The van der Waals surface area contributed by atoms with Gasteiger partial charge in [-0.2, -0.15) is 0 Å². The van der Waals surface area contributed by atoms with Crippen LogP contribution in [0.25, 0.3) is 22.4 Å². The maximum atomic E-state index is 14.1. The summed E-state index contributed by atoms with van der Waals surface area (Å²) in [6, 6.07) is 13.9. The minimum Gasteiger partial charge on any atom is -0.480 e. The van der Waals surface area contributed by atoms with Crippen LogP contribution < -0.4 is 10.1 Å². The van der Waals surface area contributed by atoms with Gasteiger partial charge in [0.2, 0.25) is 0 Å². The lowest BCUT2D eigenvalue weighted by molar-refractivity contribution is -0.135. The third-order valence-electron chi connectivity index (χ3n) is 4.46. The van der Waals surface area contributed by atoms with Gasteiger partial charge in [-0.05, 0) is 36.4 Å². The first-order valence-corrected chi connectivity index (χ1v) is 9.99. The number of hydrogen-bond acceptors (Lipinski definition) is 4. The number of H-pyrrole nitrogens is 1. The van der Waals surface area contributed by atoms with Crippen LogP contribution in [0, 0.1) is 5.82 Å². The number of ether oxygens (including phenoxy) is 1. The number of imidazole rings is 1. The number of nitrogens with one attached hydrogen (secondary N) is 2. The van der Waals surface area contributed by atoms with Gasteiger partial charge in [-0.15, -0.1) is 0 Å². The molecule has 0 aliphatic carbocycles. The van der Waals surface area contributed by atoms with Gasteiger partial charge in [0, 0.05) is 11.6 Å². The molecule has 0 spiro atoms. The molecule has 3 N–H and O–H groups in total. The van der Waals surface area contributed by atoms with Gasteiger partial charge in [0.15, 0.2) is 5.75 Å². The van der Waals surface area contributed by atoms with Crippen molar-refractivity contribution < 1.29 is 23.8 Å². The highest BCUT2D eigenvalue weighted by Crippen LogP contribution is 2.38. The summed E-state index contributed by atoms with van der Waals surface area (Å²) in [6.07, 6.45) is 0. The van der Waals surface area contributed by atoms with E-state index in [2.05, 4.69) is 15.3 Å². The van der Waals surface area contributed by atoms with Gasteiger partial charge < -0.3 is 20.1 Å². The molecule has 0 bridgehead atoms. The molecule has 0 aliphatic heterocycles. The predicted molar refractivity (Wildman–Crippen MR) is 118 cm³/mol. The predicted octanol–water partition coefficient (Wildman–Crippen LogP) is 5.28. The third kappa shape index (κ3) is 4.51. The van der Waals surface area contributed by atoms with Crippen molar-refractivity contribution >= 4 is 46.1 Å². The van der Waals surface area contributed by atoms with E-state index in [4.69, 9.17) is 33.0 Å². The Morgan fingerprint density at radius 1 is 1.09 bits per heavy atom. The van der Waals surface area contributed by atoms with Gasteiger partial charge in [0.05, 0.1) is 26.6 Å². The number of rotatable bonds is 6. The van der Waals surface area contributed by atoms with E-state index < -0.39 is 24.2 Å². The molecule has 1 aromatic heterocycles. The summed E-state index contributed by atoms with van der Waals surface area (Å²) in [5.74, 6) is -1.33. The summed E-state index contributed by atoms with van der Waals surface area (Å²) < 4.78 is 19.9. The fraction of sp³-hybridized carbons (Fsp3) is 0.0455. The maximum Gasteiger partial charge on any atom is 0.322 e. The third-order valence-corrected chi connectivity index (χ3v) is 5.02. The first-order chi connectivity index (χ1) is 15.3. The molecule has 0 radical (unpaired) electrons. The molecule has 162 valence electrons. The highest BCUT2D eigenvalue weighted by Gasteiger charge is 2.16. The number of carbonyl (C=O) groups is 2. The van der Waals surface area contributed by atoms with E-state index in [1.54, 1.807) is 36.4 Å². The van der Waals surface area contributed by atoms with Gasteiger partial charge >= 0.3 is 5.97 Å². The van der Waals surface area contributed by atoms with E-state index in [-0.39, 0.29) is 21.4 Å². The number of fused-ring (bicyclic) bond motifs is 1. The molecule has 0 saturated heterocycles. The average molecular weight is 474 g/mol. The summed E-state index contributed by atoms with van der Waals surface area (Å²) >= 11 is 12.5. The van der Waals surface area contributed by atoms with Crippen LogP contribution in [0.1, 0.15) is 10.4 Å². The number of carboxylic acids is 1. The summed E-state index contributed by atoms with van der Waals surface area (Å²) in [5, 5.41) is 11.0. The van der Waals surface area contributed by atoms with Crippen LogP contribution >= 0.6 is 23.2 Å². The summed E-state index contributed by atoms with van der Waals surface area (Å²) in [6.45, 7) is -0.536. The van der Waals surface area contributed by atoms with Gasteiger partial charge in [-0.25, -0.2) is 9.37 Å². The van der Waals surface area contributed by atoms with Gasteiger partial charge in [-0.1, -0.05) is 35.3 Å². The van der Waals surface area contributed by atoms with Crippen molar-refractivity contribution in [2.24, 2.45) is 0 Å². The molecule has 1 amide bonds. The molecule has 0 saturated carbocycles. The fourth-order valence-electron chi connectivity index (χ4n) is 3.00. The van der Waals surface area contributed by atoms with E-state index in [0.717, 1.165) is 0 Å². The Kier molecular flexibility index (Phi) is 5.98. The largest absolute Gasteiger partial charge is 0.480 e. The van der Waals surface area contributed by atoms with Gasteiger partial charge in [0.25, 0.3) is 5.91 Å². The number of aromatic amines is 1. The number of aliphatic carboxylic acids is 1. The number of amides is 1. The molecule has 10 heteroatoms. The van der Waals surface area contributed by atoms with Gasteiger partial charge in [0.1, 0.15) is 23.9 Å². The number of carboxylic acid groups (broad SMARTS) is 1. The zero-order valence-electron chi connectivity index (χ0n) is 16.2. The molecule has 3 aromatic carbocycles. The van der Waals surface area contributed by atoms with E-state index in [1.807, 2.05) is 0 Å². The van der Waals surface area contributed by atoms with E-state index in [9.17, 15) is 14.0 Å². The van der Waals surface area contributed by atoms with Crippen molar-refractivity contribution in [3.8, 4) is 22.9 Å². The molecule has 4 aromatic rings. The van der Waals surface area contributed by atoms with Gasteiger partial charge in [-0.3, -0.25) is 9.59 Å². The number of hydrogen-bond donors (Lipinski definition) is 3. The van der Waals surface area contributed by atoms with Crippen LogP contribution in [0.5, 0.6) is 11.5 Å². The lowest BCUT2D eigenvalue weighted by Crippen LogP contribution is -2.29. The van der Waals surface area contributed by atoms with Crippen molar-refractivity contribution in [2.75, 3.05) is 6.54 Å². The molecular weight excluding hydrogens is 460 g/mol. The number of benzene rings is 3. The van der Waals surface area contributed by atoms with Crippen LogP contribution in [0.15, 0.2) is 54.6 Å². The first kappa shape index (κ1) is 21.6. The molecule has 32 heavy (non-hydrogen) atoms. The number of halogens is 3. The normalized spacial score (nSPS) is 10.8. The summed E-state index contributed by atoms with van der Waals surface area (Å²) in [4.78, 5) is 30.1. The molecule has 0 unspecified atom stereocenters. The molecule has 7 nitrogen and oxygen atoms in total. The monoisotopic (exact) mass is 473 g/mol. The summed E-state index contributed by atoms with van der Waals surface area (Å²) in [7, 11) is 0. The Labute approximate surface area is 190 Å². The first-order valence-electron chi connectivity index (χ1n) is 9.23. The molecular formula is C22H14Cl2FN3O4. The lowest BCUT2D eigenvalue weighted by atomic mass is 10.2. The van der Waals surface area contributed by atoms with Crippen LogP contribution in [0.3, 0.4) is 0 Å². The second kappa shape index (κ2) is 8.86. The Morgan fingerprint density at radius 3 is 2.50 bits per heavy atom. The fourth-order valence-corrected chi connectivity index (χ4v) is 3.56. The van der Waals surface area contributed by atoms with Crippen LogP contribution in [0.2, 0.25) is 10.0 Å². The standard InChI is InChI=1S/C22H14Cl2FN3O4/c23-14-7-11(22(31)26-10-19(29)30)8-15(24)20(14)32-12-5-6-17-18(9-12)28-21(27-17)13-3-1-2-4-16(13)25/h1-9H,10H2,(H,26,31)(H,27,28)(H,29,30). The average Bonchev–Trinajstić information content (AvgIpc) is 3.17. The highest BCUT2D eigenvalue weighted by atomic mass is 35.5. The molecule has 1 heterocycles. The quantitative estimate of drug-likeness (QED) is 0.353. The van der Waals surface area contributed by atoms with Crippen LogP contribution in [0.4, 0.5) is 4.39 Å². The number of carbonyl (C=O) groups excluding carboxylic acids is 1. The maximum absolute atomic E-state index is 14.1. The SMILES string of the molecule is O=C(O)CNC(=O)c1cc(Cl)c(Oc2ccc3nc(-c4ccccc4F)[nH]c3c2)c(Cl)c1. The van der Waals surface area contributed by atoms with Crippen molar-refractivity contribution in [3.63, 3.8) is 0 Å². The summed E-state index contributed by atoms with van der Waals surface area (Å²) in [5.41, 5.74) is 1.65. The zero-order valence-corrected chi connectivity index (χ0v) is 17.7. The van der Waals surface area contributed by atoms with Crippen molar-refractivity contribution in [1.82, 2.24) is 15.3 Å². The van der Waals surface area contributed by atoms with E-state index in [1.165, 1.54) is 18.2 Å². The highest BCUT2D eigenvalue weighted by molar-refractivity contribution is 6.37. The second-order valence-corrected chi connectivity index (χ2v) is 7.51. The Morgan fingerprint density at radius 2 is 1.81 bits per heavy atom. The molecule has 0 fully saturated rings. The van der Waals surface area contributed by atoms with E-state index in [0.29, 0.717) is 28.2 Å². The second-order valence-electron chi connectivity index (χ2n) is 6.69.